The molecule has 0 unspecified atom stereocenters. The van der Waals surface area contributed by atoms with Gasteiger partial charge in [-0.05, 0) is 40.5 Å². The van der Waals surface area contributed by atoms with Gasteiger partial charge in [-0.3, -0.25) is 14.9 Å². The Kier molecular flexibility index (Phi) is 5.42. The van der Waals surface area contributed by atoms with Crippen molar-refractivity contribution >= 4 is 28.3 Å². The van der Waals surface area contributed by atoms with Crippen LogP contribution in [0.25, 0.3) is 11.1 Å². The van der Waals surface area contributed by atoms with Crippen molar-refractivity contribution in [3.8, 4) is 22.6 Å². The Balaban J connectivity index is 0.00000267. The standard InChI is InChI=1S/C27H21N3O4S.H2/c31-25(29-27-28-10-13-35-27)24(17-4-2-1-3-5-17)30-16-20-7-6-18(14-21(20)26(30)32)19-8-9-22-23(15-19)34-12-11-33-22;/h1-10,13-15,24H,11-12,16H2,(H,28,29,31);1H/t24-;/m1./s1. The maximum atomic E-state index is 13.6. The summed E-state index contributed by atoms with van der Waals surface area (Å²) < 4.78 is 11.3. The highest BCUT2D eigenvalue weighted by Crippen LogP contribution is 2.38. The number of hydrogen-bond acceptors (Lipinski definition) is 6. The van der Waals surface area contributed by atoms with Gasteiger partial charge in [-0.25, -0.2) is 4.98 Å². The Morgan fingerprint density at radius 1 is 1.00 bits per heavy atom. The van der Waals surface area contributed by atoms with Gasteiger partial charge in [0.1, 0.15) is 19.3 Å². The molecule has 0 saturated carbocycles. The van der Waals surface area contributed by atoms with E-state index in [0.29, 0.717) is 36.2 Å². The molecule has 6 rings (SSSR count). The minimum Gasteiger partial charge on any atom is -0.486 e. The van der Waals surface area contributed by atoms with Crippen LogP contribution in [0.3, 0.4) is 0 Å². The second-order valence-corrected chi connectivity index (χ2v) is 9.20. The summed E-state index contributed by atoms with van der Waals surface area (Å²) in [5, 5.41) is 5.16. The predicted octanol–water partition coefficient (Wildman–Crippen LogP) is 5.16. The summed E-state index contributed by atoms with van der Waals surface area (Å²) in [7, 11) is 0. The zero-order valence-corrected chi connectivity index (χ0v) is 19.5. The van der Waals surface area contributed by atoms with Gasteiger partial charge in [0.15, 0.2) is 16.6 Å². The van der Waals surface area contributed by atoms with Gasteiger partial charge < -0.3 is 14.4 Å². The summed E-state index contributed by atoms with van der Waals surface area (Å²) >= 11 is 1.34. The van der Waals surface area contributed by atoms with Crippen LogP contribution in [-0.2, 0) is 11.3 Å². The molecule has 1 aromatic heterocycles. The van der Waals surface area contributed by atoms with Crippen LogP contribution < -0.4 is 14.8 Å². The lowest BCUT2D eigenvalue weighted by atomic mass is 10.00. The smallest absolute Gasteiger partial charge is 0.255 e. The van der Waals surface area contributed by atoms with Crippen molar-refractivity contribution in [2.45, 2.75) is 12.6 Å². The van der Waals surface area contributed by atoms with Crippen LogP contribution in [-0.4, -0.2) is 34.9 Å². The first-order valence-corrected chi connectivity index (χ1v) is 12.1. The zero-order chi connectivity index (χ0) is 23.8. The SMILES string of the molecule is O=C(Nc1nccs1)[C@@H](c1ccccc1)N1Cc2ccc(-c3ccc4c(c3)OCCO4)cc2C1=O.[HH]. The van der Waals surface area contributed by atoms with Gasteiger partial charge in [-0.2, -0.15) is 0 Å². The van der Waals surface area contributed by atoms with Crippen LogP contribution in [0.5, 0.6) is 11.5 Å². The molecule has 0 fully saturated rings. The number of benzene rings is 3. The number of amides is 2. The molecule has 8 heteroatoms. The molecule has 0 spiro atoms. The number of nitrogens with zero attached hydrogens (tertiary/aromatic N) is 2. The second kappa shape index (κ2) is 8.88. The van der Waals surface area contributed by atoms with Crippen LogP contribution in [0.2, 0.25) is 0 Å². The lowest BCUT2D eigenvalue weighted by Gasteiger charge is -2.27. The van der Waals surface area contributed by atoms with E-state index in [1.807, 2.05) is 66.7 Å². The van der Waals surface area contributed by atoms with E-state index in [-0.39, 0.29) is 13.2 Å². The molecule has 1 atom stereocenters. The average Bonchev–Trinajstić information content (AvgIpc) is 3.52. The molecule has 2 aliphatic heterocycles. The van der Waals surface area contributed by atoms with Gasteiger partial charge >= 0.3 is 0 Å². The van der Waals surface area contributed by atoms with E-state index in [4.69, 9.17) is 9.47 Å². The van der Waals surface area contributed by atoms with Gasteiger partial charge in [0.05, 0.1) is 0 Å². The van der Waals surface area contributed by atoms with Gasteiger partial charge in [0.25, 0.3) is 11.8 Å². The molecule has 35 heavy (non-hydrogen) atoms. The largest absolute Gasteiger partial charge is 0.486 e. The van der Waals surface area contributed by atoms with Crippen LogP contribution in [0.15, 0.2) is 78.3 Å². The topological polar surface area (TPSA) is 80.8 Å². The molecule has 0 saturated heterocycles. The Labute approximate surface area is 207 Å². The molecule has 0 radical (unpaired) electrons. The van der Waals surface area contributed by atoms with Crippen molar-refractivity contribution in [2.24, 2.45) is 0 Å². The summed E-state index contributed by atoms with van der Waals surface area (Å²) in [6.45, 7) is 1.40. The van der Waals surface area contributed by atoms with Crippen LogP contribution in [0.4, 0.5) is 5.13 Å². The van der Waals surface area contributed by atoms with E-state index in [1.165, 1.54) is 11.3 Å². The van der Waals surface area contributed by atoms with Crippen molar-refractivity contribution in [2.75, 3.05) is 18.5 Å². The van der Waals surface area contributed by atoms with Crippen molar-refractivity contribution in [1.29, 1.82) is 0 Å². The number of hydrogen-bond donors (Lipinski definition) is 1. The average molecular weight is 486 g/mol. The third kappa shape index (κ3) is 4.02. The maximum Gasteiger partial charge on any atom is 0.255 e. The number of carbonyl (C=O) groups excluding carboxylic acids is 2. The summed E-state index contributed by atoms with van der Waals surface area (Å²) in [5.74, 6) is 0.951. The first-order chi connectivity index (χ1) is 17.2. The molecule has 2 amide bonds. The fourth-order valence-corrected chi connectivity index (χ4v) is 5.03. The van der Waals surface area contributed by atoms with E-state index in [0.717, 1.165) is 28.0 Å². The fourth-order valence-electron chi connectivity index (χ4n) is 4.50. The zero-order valence-electron chi connectivity index (χ0n) is 18.6. The minimum atomic E-state index is -0.780. The quantitative estimate of drug-likeness (QED) is 0.422. The third-order valence-electron chi connectivity index (χ3n) is 6.16. The second-order valence-electron chi connectivity index (χ2n) is 8.30. The Bertz CT molecular complexity index is 1410. The molecule has 0 aliphatic carbocycles. The number of rotatable bonds is 5. The van der Waals surface area contributed by atoms with E-state index in [2.05, 4.69) is 10.3 Å². The summed E-state index contributed by atoms with van der Waals surface area (Å²) in [4.78, 5) is 32.8. The summed E-state index contributed by atoms with van der Waals surface area (Å²) in [5.41, 5.74) is 4.07. The van der Waals surface area contributed by atoms with E-state index >= 15 is 0 Å². The van der Waals surface area contributed by atoms with Crippen LogP contribution in [0, 0.1) is 0 Å². The van der Waals surface area contributed by atoms with E-state index in [9.17, 15) is 9.59 Å². The molecule has 176 valence electrons. The number of nitrogens with one attached hydrogen (secondary N) is 1. The van der Waals surface area contributed by atoms with Gasteiger partial charge in [0.2, 0.25) is 0 Å². The minimum absolute atomic E-state index is 0. The van der Waals surface area contributed by atoms with Gasteiger partial charge in [-0.15, -0.1) is 11.3 Å². The lowest BCUT2D eigenvalue weighted by molar-refractivity contribution is -0.120. The number of aromatic nitrogens is 1. The van der Waals surface area contributed by atoms with Gasteiger partial charge in [0, 0.05) is 25.1 Å². The first kappa shape index (κ1) is 21.4. The number of carbonyl (C=O) groups is 2. The number of fused-ring (bicyclic) bond motifs is 2. The Morgan fingerprint density at radius 3 is 2.57 bits per heavy atom. The Hall–Kier alpha value is -4.17. The van der Waals surface area contributed by atoms with Crippen molar-refractivity contribution in [3.05, 3.63) is 95.0 Å². The van der Waals surface area contributed by atoms with E-state index in [1.54, 1.807) is 16.5 Å². The van der Waals surface area contributed by atoms with Crippen molar-refractivity contribution in [3.63, 3.8) is 0 Å². The molecule has 2 aliphatic rings. The molecule has 3 heterocycles. The van der Waals surface area contributed by atoms with Crippen molar-refractivity contribution < 1.29 is 20.5 Å². The molecule has 1 N–H and O–H groups in total. The van der Waals surface area contributed by atoms with Crippen molar-refractivity contribution in [1.82, 2.24) is 9.88 Å². The molecule has 3 aromatic carbocycles. The molecule has 0 bridgehead atoms. The van der Waals surface area contributed by atoms with Crippen LogP contribution in [0.1, 0.15) is 29.0 Å². The molecular weight excluding hydrogens is 462 g/mol. The molecular formula is C27H23N3O4S. The molecule has 7 nitrogen and oxygen atoms in total. The third-order valence-corrected chi connectivity index (χ3v) is 6.84. The number of ether oxygens (including phenoxy) is 2. The Morgan fingerprint density at radius 2 is 1.77 bits per heavy atom. The molecule has 4 aromatic rings. The van der Waals surface area contributed by atoms with Gasteiger partial charge in [-0.1, -0.05) is 48.5 Å². The predicted molar refractivity (Wildman–Crippen MR) is 135 cm³/mol. The highest BCUT2D eigenvalue weighted by atomic mass is 32.1. The number of anilines is 1. The maximum absolute atomic E-state index is 13.6. The highest BCUT2D eigenvalue weighted by molar-refractivity contribution is 7.13. The summed E-state index contributed by atoms with van der Waals surface area (Å²) in [6, 6.07) is 20.2. The monoisotopic (exact) mass is 485 g/mol. The normalized spacial score (nSPS) is 15.0. The fraction of sp³-hybridized carbons (Fsp3) is 0.148. The lowest BCUT2D eigenvalue weighted by Crippen LogP contribution is -2.37. The highest BCUT2D eigenvalue weighted by Gasteiger charge is 2.37. The summed E-state index contributed by atoms with van der Waals surface area (Å²) in [6.07, 6.45) is 1.63. The number of thiazole rings is 1. The van der Waals surface area contributed by atoms with E-state index < -0.39 is 6.04 Å². The van der Waals surface area contributed by atoms with Crippen LogP contribution >= 0.6 is 11.3 Å². The first-order valence-electron chi connectivity index (χ1n) is 11.3.